The van der Waals surface area contributed by atoms with E-state index >= 15 is 0 Å². The highest BCUT2D eigenvalue weighted by Crippen LogP contribution is 2.31. The van der Waals surface area contributed by atoms with Crippen molar-refractivity contribution in [3.05, 3.63) is 53.9 Å². The molecule has 1 aromatic carbocycles. The molecule has 28 heavy (non-hydrogen) atoms. The van der Waals surface area contributed by atoms with Crippen molar-refractivity contribution < 1.29 is 13.9 Å². The van der Waals surface area contributed by atoms with Gasteiger partial charge in [-0.15, -0.1) is 0 Å². The number of aromatic nitrogens is 1. The van der Waals surface area contributed by atoms with Gasteiger partial charge in [0.2, 0.25) is 0 Å². The normalized spacial score (nSPS) is 15.0. The third kappa shape index (κ3) is 3.54. The Balaban J connectivity index is 1.56. The Labute approximate surface area is 164 Å². The minimum atomic E-state index is -0.277. The van der Waals surface area contributed by atoms with E-state index in [1.54, 1.807) is 12.3 Å². The van der Waals surface area contributed by atoms with Gasteiger partial charge in [-0.2, -0.15) is 0 Å². The number of amides is 1. The largest absolute Gasteiger partial charge is 0.490 e. The molecule has 1 aliphatic heterocycles. The van der Waals surface area contributed by atoms with Crippen molar-refractivity contribution in [2.75, 3.05) is 24.6 Å². The van der Waals surface area contributed by atoms with Crippen LogP contribution in [0, 0.1) is 0 Å². The Morgan fingerprint density at radius 2 is 2.11 bits per heavy atom. The lowest BCUT2D eigenvalue weighted by Gasteiger charge is -2.20. The summed E-state index contributed by atoms with van der Waals surface area (Å²) in [5.41, 5.74) is 1.31. The summed E-state index contributed by atoms with van der Waals surface area (Å²) in [6.07, 6.45) is 4.01. The predicted molar refractivity (Wildman–Crippen MR) is 109 cm³/mol. The van der Waals surface area contributed by atoms with E-state index < -0.39 is 0 Å². The average Bonchev–Trinajstić information content (AvgIpc) is 3.38. The molecule has 6 nitrogen and oxygen atoms in total. The second-order valence-corrected chi connectivity index (χ2v) is 7.02. The summed E-state index contributed by atoms with van der Waals surface area (Å²) in [4.78, 5) is 19.6. The van der Waals surface area contributed by atoms with E-state index in [1.165, 1.54) is 0 Å². The topological polar surface area (TPSA) is 67.6 Å². The van der Waals surface area contributed by atoms with E-state index in [9.17, 15) is 4.79 Å². The van der Waals surface area contributed by atoms with E-state index in [4.69, 9.17) is 9.15 Å². The molecule has 1 amide bonds. The predicted octanol–water partition coefficient (Wildman–Crippen LogP) is 4.32. The highest BCUT2D eigenvalue weighted by atomic mass is 16.5. The number of nitrogens with zero attached hydrogens (tertiary/aromatic N) is 2. The van der Waals surface area contributed by atoms with Crippen LogP contribution < -0.4 is 15.0 Å². The van der Waals surface area contributed by atoms with Crippen LogP contribution in [0.4, 0.5) is 5.82 Å². The van der Waals surface area contributed by atoms with Gasteiger partial charge in [-0.3, -0.25) is 4.79 Å². The Morgan fingerprint density at radius 3 is 2.89 bits per heavy atom. The molecular formula is C22H25N3O3. The van der Waals surface area contributed by atoms with Gasteiger partial charge >= 0.3 is 0 Å². The maximum Gasteiger partial charge on any atom is 0.255 e. The van der Waals surface area contributed by atoms with Crippen molar-refractivity contribution in [3.63, 3.8) is 0 Å². The molecule has 0 radical (unpaired) electrons. The summed E-state index contributed by atoms with van der Waals surface area (Å²) in [7, 11) is 0. The number of benzene rings is 1. The summed E-state index contributed by atoms with van der Waals surface area (Å²) in [5, 5.41) is 4.01. The number of anilines is 1. The molecule has 4 rings (SSSR count). The number of hydrogen-bond acceptors (Lipinski definition) is 5. The first-order valence-corrected chi connectivity index (χ1v) is 9.83. The Kier molecular flexibility index (Phi) is 5.19. The summed E-state index contributed by atoms with van der Waals surface area (Å²) in [5.74, 6) is 2.02. The van der Waals surface area contributed by atoms with Gasteiger partial charge in [0.15, 0.2) is 11.3 Å². The SMILES string of the molecule is CCOc1cccc2cc(C(C)NC(=O)c3cccnc3N3CCCC3)oc12. The van der Waals surface area contributed by atoms with Gasteiger partial charge in [-0.1, -0.05) is 12.1 Å². The van der Waals surface area contributed by atoms with Gasteiger partial charge in [0, 0.05) is 24.7 Å². The van der Waals surface area contributed by atoms with Crippen molar-refractivity contribution in [1.29, 1.82) is 0 Å². The molecule has 0 aliphatic carbocycles. The summed E-state index contributed by atoms with van der Waals surface area (Å²) in [6, 6.07) is 11.1. The molecule has 3 heterocycles. The zero-order valence-electron chi connectivity index (χ0n) is 16.3. The van der Waals surface area contributed by atoms with Gasteiger partial charge in [0.25, 0.3) is 5.91 Å². The smallest absolute Gasteiger partial charge is 0.255 e. The summed E-state index contributed by atoms with van der Waals surface area (Å²) in [6.45, 7) is 6.31. The van der Waals surface area contributed by atoms with E-state index in [1.807, 2.05) is 44.2 Å². The summed E-state index contributed by atoms with van der Waals surface area (Å²) < 4.78 is 11.7. The minimum absolute atomic E-state index is 0.145. The fourth-order valence-corrected chi connectivity index (χ4v) is 3.64. The Bertz CT molecular complexity index is 976. The van der Waals surface area contributed by atoms with Gasteiger partial charge in [0.1, 0.15) is 11.6 Å². The Hall–Kier alpha value is -3.02. The molecular weight excluding hydrogens is 354 g/mol. The number of rotatable bonds is 6. The van der Waals surface area contributed by atoms with Crippen LogP contribution in [0.3, 0.4) is 0 Å². The average molecular weight is 379 g/mol. The standard InChI is InChI=1S/C22H25N3O3/c1-3-27-18-10-6-8-16-14-19(28-20(16)18)15(2)24-22(26)17-9-7-11-23-21(17)25-12-4-5-13-25/h6-11,14-15H,3-5,12-13H2,1-2H3,(H,24,26). The second-order valence-electron chi connectivity index (χ2n) is 7.02. The lowest BCUT2D eigenvalue weighted by molar-refractivity contribution is 0.0936. The van der Waals surface area contributed by atoms with Crippen LogP contribution in [0.25, 0.3) is 11.0 Å². The van der Waals surface area contributed by atoms with Crippen LogP contribution in [-0.4, -0.2) is 30.6 Å². The first-order valence-electron chi connectivity index (χ1n) is 9.83. The van der Waals surface area contributed by atoms with Crippen molar-refractivity contribution in [2.24, 2.45) is 0 Å². The monoisotopic (exact) mass is 379 g/mol. The van der Waals surface area contributed by atoms with Gasteiger partial charge in [-0.05, 0) is 51.0 Å². The highest BCUT2D eigenvalue weighted by molar-refractivity contribution is 5.99. The molecule has 0 saturated carbocycles. The van der Waals surface area contributed by atoms with E-state index in [-0.39, 0.29) is 11.9 Å². The van der Waals surface area contributed by atoms with Gasteiger partial charge in [0.05, 0.1) is 18.2 Å². The fraction of sp³-hybridized carbons (Fsp3) is 0.364. The number of pyridine rings is 1. The first-order chi connectivity index (χ1) is 13.7. The van der Waals surface area contributed by atoms with Crippen LogP contribution in [0.1, 0.15) is 48.8 Å². The van der Waals surface area contributed by atoms with Crippen molar-refractivity contribution in [2.45, 2.75) is 32.7 Å². The Morgan fingerprint density at radius 1 is 1.29 bits per heavy atom. The van der Waals surface area contributed by atoms with Crippen molar-refractivity contribution in [3.8, 4) is 5.75 Å². The van der Waals surface area contributed by atoms with Crippen LogP contribution in [-0.2, 0) is 0 Å². The van der Waals surface area contributed by atoms with Crippen LogP contribution in [0.5, 0.6) is 5.75 Å². The number of hydrogen-bond donors (Lipinski definition) is 1. The van der Waals surface area contributed by atoms with E-state index in [0.29, 0.717) is 29.3 Å². The van der Waals surface area contributed by atoms with E-state index in [0.717, 1.165) is 37.1 Å². The third-order valence-corrected chi connectivity index (χ3v) is 5.04. The molecule has 0 bridgehead atoms. The van der Waals surface area contributed by atoms with Crippen LogP contribution in [0.2, 0.25) is 0 Å². The molecule has 1 N–H and O–H groups in total. The first kappa shape index (κ1) is 18.3. The van der Waals surface area contributed by atoms with Gasteiger partial charge in [-0.25, -0.2) is 4.98 Å². The van der Waals surface area contributed by atoms with E-state index in [2.05, 4.69) is 15.2 Å². The number of para-hydroxylation sites is 1. The molecule has 1 unspecified atom stereocenters. The number of ether oxygens (including phenoxy) is 1. The van der Waals surface area contributed by atoms with Gasteiger partial charge < -0.3 is 19.4 Å². The lowest BCUT2D eigenvalue weighted by Crippen LogP contribution is -2.29. The molecule has 6 heteroatoms. The lowest BCUT2D eigenvalue weighted by atomic mass is 10.1. The minimum Gasteiger partial charge on any atom is -0.490 e. The van der Waals surface area contributed by atoms with Crippen molar-refractivity contribution in [1.82, 2.24) is 10.3 Å². The number of nitrogens with one attached hydrogen (secondary N) is 1. The molecule has 1 fully saturated rings. The maximum absolute atomic E-state index is 12.9. The van der Waals surface area contributed by atoms with Crippen LogP contribution in [0.15, 0.2) is 47.0 Å². The quantitative estimate of drug-likeness (QED) is 0.691. The third-order valence-electron chi connectivity index (χ3n) is 5.04. The zero-order chi connectivity index (χ0) is 19.5. The number of fused-ring (bicyclic) bond motifs is 1. The fourth-order valence-electron chi connectivity index (χ4n) is 3.64. The molecule has 1 atom stereocenters. The number of carbonyl (C=O) groups excluding carboxylic acids is 1. The molecule has 3 aromatic rings. The second kappa shape index (κ2) is 7.92. The molecule has 0 spiro atoms. The summed E-state index contributed by atoms with van der Waals surface area (Å²) >= 11 is 0. The zero-order valence-corrected chi connectivity index (χ0v) is 16.3. The van der Waals surface area contributed by atoms with Crippen molar-refractivity contribution >= 4 is 22.7 Å². The molecule has 146 valence electrons. The van der Waals surface area contributed by atoms with Crippen LogP contribution >= 0.6 is 0 Å². The molecule has 1 aliphatic rings. The number of furan rings is 1. The molecule has 2 aromatic heterocycles. The highest BCUT2D eigenvalue weighted by Gasteiger charge is 2.23. The number of carbonyl (C=O) groups is 1. The maximum atomic E-state index is 12.9. The molecule has 1 saturated heterocycles.